The number of benzene rings is 1. The molecule has 4 N–H and O–H groups in total. The van der Waals surface area contributed by atoms with E-state index in [1.807, 2.05) is 19.0 Å². The van der Waals surface area contributed by atoms with Crippen LogP contribution >= 0.6 is 11.8 Å². The number of esters is 1. The molecule has 0 aromatic heterocycles. The molecule has 31 heavy (non-hydrogen) atoms. The molecular formula is C20H26N4O6S. The number of nitrogens with one attached hydrogen (secondary N) is 1. The van der Waals surface area contributed by atoms with Gasteiger partial charge < -0.3 is 30.7 Å². The van der Waals surface area contributed by atoms with Gasteiger partial charge in [-0.15, -0.1) is 11.8 Å². The fourth-order valence-corrected chi connectivity index (χ4v) is 5.66. The number of fused-ring (bicyclic) bond motifs is 1. The van der Waals surface area contributed by atoms with E-state index in [4.69, 9.17) is 10.5 Å². The molecule has 2 saturated heterocycles. The van der Waals surface area contributed by atoms with Crippen molar-refractivity contribution in [2.75, 3.05) is 26.1 Å². The van der Waals surface area contributed by atoms with Gasteiger partial charge >= 0.3 is 11.9 Å². The van der Waals surface area contributed by atoms with Crippen molar-refractivity contribution in [3.05, 3.63) is 29.8 Å². The number of hydrogen-bond acceptors (Lipinski definition) is 8. The highest BCUT2D eigenvalue weighted by Crippen LogP contribution is 2.55. The lowest BCUT2D eigenvalue weighted by Gasteiger charge is -2.50. The first-order valence-electron chi connectivity index (χ1n) is 9.55. The molecule has 2 amide bonds. The van der Waals surface area contributed by atoms with E-state index in [0.717, 1.165) is 29.5 Å². The Morgan fingerprint density at radius 2 is 1.84 bits per heavy atom. The first-order valence-corrected chi connectivity index (χ1v) is 10.4. The van der Waals surface area contributed by atoms with Crippen LogP contribution in [0.2, 0.25) is 0 Å². The number of carbonyl (C=O) groups excluding carboxylic acids is 3. The number of thioether (sulfide) groups is 1. The van der Waals surface area contributed by atoms with Crippen LogP contribution in [0, 0.1) is 0 Å². The van der Waals surface area contributed by atoms with Gasteiger partial charge in [0.15, 0.2) is 0 Å². The summed E-state index contributed by atoms with van der Waals surface area (Å²) in [5, 5.41) is 11.2. The van der Waals surface area contributed by atoms with Gasteiger partial charge in [0, 0.05) is 24.5 Å². The summed E-state index contributed by atoms with van der Waals surface area (Å²) < 4.78 is 3.94. The molecule has 168 valence electrons. The first-order chi connectivity index (χ1) is 14.4. The van der Waals surface area contributed by atoms with Crippen molar-refractivity contribution in [2.45, 2.75) is 41.6 Å². The number of methoxy groups -OCH3 is 1. The Labute approximate surface area is 184 Å². The third-order valence-corrected chi connectivity index (χ3v) is 7.29. The third-order valence-electron chi connectivity index (χ3n) is 5.66. The zero-order valence-electron chi connectivity index (χ0n) is 17.9. The van der Waals surface area contributed by atoms with Crippen LogP contribution in [0.1, 0.15) is 25.5 Å². The molecule has 0 aliphatic carbocycles. The van der Waals surface area contributed by atoms with Gasteiger partial charge in [0.05, 0.1) is 7.11 Å². The van der Waals surface area contributed by atoms with Gasteiger partial charge in [-0.3, -0.25) is 9.59 Å². The molecule has 11 heteroatoms. The van der Waals surface area contributed by atoms with Gasteiger partial charge in [-0.2, -0.15) is 0 Å². The summed E-state index contributed by atoms with van der Waals surface area (Å²) >= 11 is 1.13. The van der Waals surface area contributed by atoms with E-state index in [9.17, 15) is 24.3 Å². The quantitative estimate of drug-likeness (QED) is 0.308. The van der Waals surface area contributed by atoms with Crippen LogP contribution in [-0.4, -0.2) is 76.7 Å². The summed E-state index contributed by atoms with van der Waals surface area (Å²) in [6.07, 6.45) is 0. The van der Waals surface area contributed by atoms with E-state index in [1.54, 1.807) is 38.1 Å². The number of nitrogens with zero attached hydrogens (tertiary/aromatic N) is 2. The first kappa shape index (κ1) is 22.9. The zero-order chi connectivity index (χ0) is 23.3. The summed E-state index contributed by atoms with van der Waals surface area (Å²) in [5.74, 6) is -3.71. The number of carbonyl (C=O) groups is 4. The number of amides is 2. The Hall–Kier alpha value is -2.79. The maximum absolute atomic E-state index is 13.1. The van der Waals surface area contributed by atoms with Crippen molar-refractivity contribution >= 4 is 41.2 Å². The summed E-state index contributed by atoms with van der Waals surface area (Å²) in [7, 11) is 4.85. The second-order valence-electron chi connectivity index (χ2n) is 8.28. The fraction of sp³-hybridized carbons (Fsp3) is 0.500. The molecule has 2 aliphatic heterocycles. The summed E-state index contributed by atoms with van der Waals surface area (Å²) in [6.45, 7) is 3.34. The minimum absolute atomic E-state index is 0.495. The predicted octanol–water partition coefficient (Wildman–Crippen LogP) is -0.0727. The Morgan fingerprint density at radius 1 is 1.26 bits per heavy atom. The monoisotopic (exact) mass is 450 g/mol. The van der Waals surface area contributed by atoms with Gasteiger partial charge in [-0.05, 0) is 31.5 Å². The molecule has 2 heterocycles. The van der Waals surface area contributed by atoms with Crippen LogP contribution in [0.25, 0.3) is 0 Å². The molecular weight excluding hydrogens is 424 g/mol. The van der Waals surface area contributed by atoms with Gasteiger partial charge in [0.25, 0.3) is 5.91 Å². The second kappa shape index (κ2) is 7.72. The molecule has 3 rings (SSSR count). The maximum atomic E-state index is 13.1. The second-order valence-corrected chi connectivity index (χ2v) is 10.0. The van der Waals surface area contributed by atoms with Crippen LogP contribution in [0.5, 0.6) is 0 Å². The Bertz CT molecular complexity index is 934. The van der Waals surface area contributed by atoms with E-state index < -0.39 is 51.5 Å². The zero-order valence-corrected chi connectivity index (χ0v) is 18.7. The Morgan fingerprint density at radius 3 is 2.32 bits per heavy atom. The third kappa shape index (κ3) is 3.41. The highest BCUT2D eigenvalue weighted by molar-refractivity contribution is 8.01. The van der Waals surface area contributed by atoms with Gasteiger partial charge in [-0.25, -0.2) is 9.59 Å². The van der Waals surface area contributed by atoms with Crippen LogP contribution in [0.4, 0.5) is 5.69 Å². The van der Waals surface area contributed by atoms with E-state index in [2.05, 4.69) is 5.32 Å². The number of aliphatic carboxylic acids is 1. The molecule has 0 radical (unpaired) electrons. The van der Waals surface area contributed by atoms with Crippen LogP contribution < -0.4 is 16.0 Å². The summed E-state index contributed by atoms with van der Waals surface area (Å²) in [4.78, 5) is 53.5. The molecule has 0 saturated carbocycles. The van der Waals surface area contributed by atoms with Crippen molar-refractivity contribution in [1.82, 2.24) is 10.2 Å². The number of ether oxygens (including phenoxy) is 1. The molecule has 2 fully saturated rings. The minimum atomic E-state index is -2.03. The van der Waals surface area contributed by atoms with Gasteiger partial charge in [0.1, 0.15) is 17.5 Å². The number of nitrogens with two attached hydrogens (primary N) is 1. The van der Waals surface area contributed by atoms with Crippen molar-refractivity contribution < 1.29 is 29.0 Å². The summed E-state index contributed by atoms with van der Waals surface area (Å²) in [6, 6.07) is 4.68. The SMILES string of the molecule is COC(=O)[C@]1(NC(=O)C(N)c2ccc(N(C)C)cc2)C(=O)N2[C@@H](C(=O)O)C(C)(C)S[C@@H]21. The molecule has 1 aromatic rings. The van der Waals surface area contributed by atoms with Crippen molar-refractivity contribution in [2.24, 2.45) is 5.73 Å². The van der Waals surface area contributed by atoms with E-state index in [1.165, 1.54) is 0 Å². The molecule has 4 atom stereocenters. The van der Waals surface area contributed by atoms with E-state index in [-0.39, 0.29) is 0 Å². The number of rotatable bonds is 6. The lowest BCUT2D eigenvalue weighted by Crippen LogP contribution is -2.83. The number of hydrogen-bond donors (Lipinski definition) is 3. The van der Waals surface area contributed by atoms with Crippen LogP contribution in [-0.2, 0) is 23.9 Å². The van der Waals surface area contributed by atoms with Gasteiger partial charge in [-0.1, -0.05) is 12.1 Å². The molecule has 0 bridgehead atoms. The number of β-lactam (4-membered cyclic amide) rings is 1. The normalized spacial score (nSPS) is 27.0. The van der Waals surface area contributed by atoms with Crippen molar-refractivity contribution in [3.8, 4) is 0 Å². The van der Waals surface area contributed by atoms with Crippen LogP contribution in [0.15, 0.2) is 24.3 Å². The molecule has 0 spiro atoms. The highest BCUT2D eigenvalue weighted by Gasteiger charge is 2.76. The number of carboxylic acid groups (broad SMARTS) is 1. The van der Waals surface area contributed by atoms with Crippen molar-refractivity contribution in [1.29, 1.82) is 0 Å². The summed E-state index contributed by atoms with van der Waals surface area (Å²) in [5.41, 5.74) is 5.48. The fourth-order valence-electron chi connectivity index (χ4n) is 3.98. The average molecular weight is 451 g/mol. The molecule has 1 aromatic carbocycles. The van der Waals surface area contributed by atoms with Gasteiger partial charge in [0.2, 0.25) is 11.4 Å². The lowest BCUT2D eigenvalue weighted by atomic mass is 9.84. The maximum Gasteiger partial charge on any atom is 0.344 e. The Balaban J connectivity index is 1.89. The molecule has 2 aliphatic rings. The topological polar surface area (TPSA) is 142 Å². The standard InChI is InChI=1S/C20H26N4O6S/c1-19(2)13(15(26)27)24-16(28)20(17(24)31-19,18(29)30-5)22-14(25)12(21)10-6-8-11(9-7-10)23(3)4/h6-9,12-13,17H,21H2,1-5H3,(H,22,25)(H,26,27)/t12?,13-,17+,20-/m0/s1. The van der Waals surface area contributed by atoms with E-state index in [0.29, 0.717) is 5.56 Å². The smallest absolute Gasteiger partial charge is 0.344 e. The van der Waals surface area contributed by atoms with Crippen LogP contribution in [0.3, 0.4) is 0 Å². The molecule has 10 nitrogen and oxygen atoms in total. The average Bonchev–Trinajstić information content (AvgIpc) is 2.99. The largest absolute Gasteiger partial charge is 0.480 e. The molecule has 1 unspecified atom stereocenters. The predicted molar refractivity (Wildman–Crippen MR) is 114 cm³/mol. The number of anilines is 1. The Kier molecular flexibility index (Phi) is 5.70. The lowest BCUT2D eigenvalue weighted by molar-refractivity contribution is -0.180. The van der Waals surface area contributed by atoms with E-state index >= 15 is 0 Å². The highest BCUT2D eigenvalue weighted by atomic mass is 32.2. The minimum Gasteiger partial charge on any atom is -0.480 e. The van der Waals surface area contributed by atoms with Crippen molar-refractivity contribution in [3.63, 3.8) is 0 Å². The number of carboxylic acids is 1.